The number of nitrogens with two attached hydrogens (primary N) is 1. The van der Waals surface area contributed by atoms with Gasteiger partial charge in [0.2, 0.25) is 0 Å². The first-order valence-electron chi connectivity index (χ1n) is 7.99. The van der Waals surface area contributed by atoms with Crippen molar-refractivity contribution in [3.8, 4) is 17.2 Å². The molecule has 1 unspecified atom stereocenters. The number of fused-ring (bicyclic) bond motifs is 2. The van der Waals surface area contributed by atoms with Gasteiger partial charge in [0.1, 0.15) is 30.9 Å². The van der Waals surface area contributed by atoms with Crippen LogP contribution in [-0.4, -0.2) is 18.3 Å². The summed E-state index contributed by atoms with van der Waals surface area (Å²) in [6.45, 7) is 1.04. The maximum absolute atomic E-state index is 13.7. The van der Waals surface area contributed by atoms with E-state index in [1.807, 2.05) is 24.3 Å². The number of halogens is 1. The van der Waals surface area contributed by atoms with Gasteiger partial charge in [0, 0.05) is 11.1 Å². The molecule has 0 amide bonds. The number of nitrogens with one attached hydrogen (secondary N) is 2. The fourth-order valence-corrected chi connectivity index (χ4v) is 2.92. The first-order chi connectivity index (χ1) is 12.6. The molecule has 0 fully saturated rings. The van der Waals surface area contributed by atoms with Crippen molar-refractivity contribution in [1.82, 2.24) is 10.9 Å². The minimum Gasteiger partial charge on any atom is -0.486 e. The molecule has 0 aliphatic carbocycles. The van der Waals surface area contributed by atoms with Crippen LogP contribution in [0.25, 0.3) is 5.70 Å². The molecular formula is C18H16FN3O3S. The fraction of sp³-hybridized carbons (Fsp3) is 0.167. The topological polar surface area (TPSA) is 77.8 Å². The van der Waals surface area contributed by atoms with Gasteiger partial charge in [-0.25, -0.2) is 4.39 Å². The van der Waals surface area contributed by atoms with E-state index >= 15 is 0 Å². The number of hydrogen-bond acceptors (Lipinski definition) is 5. The molecule has 2 heterocycles. The van der Waals surface area contributed by atoms with Gasteiger partial charge in [-0.2, -0.15) is 0 Å². The number of rotatable bonds is 3. The van der Waals surface area contributed by atoms with E-state index < -0.39 is 6.10 Å². The largest absolute Gasteiger partial charge is 0.486 e. The summed E-state index contributed by atoms with van der Waals surface area (Å²) in [6.07, 6.45) is 1.41. The molecule has 2 aromatic rings. The van der Waals surface area contributed by atoms with Gasteiger partial charge in [0.05, 0.1) is 5.70 Å². The smallest absolute Gasteiger partial charge is 0.182 e. The summed E-state index contributed by atoms with van der Waals surface area (Å²) < 4.78 is 30.9. The molecule has 6 nitrogen and oxygen atoms in total. The molecule has 0 aromatic heterocycles. The molecular weight excluding hydrogens is 357 g/mol. The van der Waals surface area contributed by atoms with Crippen molar-refractivity contribution >= 4 is 23.0 Å². The summed E-state index contributed by atoms with van der Waals surface area (Å²) in [5.41, 5.74) is 13.1. The number of ether oxygens (including phenoxy) is 3. The Morgan fingerprint density at radius 3 is 2.65 bits per heavy atom. The highest BCUT2D eigenvalue weighted by Crippen LogP contribution is 2.39. The zero-order valence-electron chi connectivity index (χ0n) is 13.6. The van der Waals surface area contributed by atoms with E-state index in [1.54, 1.807) is 6.07 Å². The SMILES string of the molecule is NC(=S)NNC1=CC(c2ccc3c(c2)OCCO3)Oc2ccc(F)cc21. The van der Waals surface area contributed by atoms with Crippen LogP contribution in [0, 0.1) is 5.82 Å². The Morgan fingerprint density at radius 1 is 1.08 bits per heavy atom. The summed E-state index contributed by atoms with van der Waals surface area (Å²) in [7, 11) is 0. The maximum Gasteiger partial charge on any atom is 0.182 e. The monoisotopic (exact) mass is 373 g/mol. The van der Waals surface area contributed by atoms with Gasteiger partial charge in [0.15, 0.2) is 16.6 Å². The van der Waals surface area contributed by atoms with Crippen molar-refractivity contribution in [2.45, 2.75) is 6.10 Å². The van der Waals surface area contributed by atoms with Crippen LogP contribution >= 0.6 is 12.2 Å². The van der Waals surface area contributed by atoms with Crippen LogP contribution in [0.15, 0.2) is 42.5 Å². The van der Waals surface area contributed by atoms with Gasteiger partial charge in [-0.15, -0.1) is 0 Å². The summed E-state index contributed by atoms with van der Waals surface area (Å²) in [5, 5.41) is 0.0752. The molecule has 2 aromatic carbocycles. The molecule has 0 saturated carbocycles. The minimum atomic E-state index is -0.403. The van der Waals surface area contributed by atoms with E-state index in [4.69, 9.17) is 32.2 Å². The molecule has 8 heteroatoms. The second-order valence-electron chi connectivity index (χ2n) is 5.78. The van der Waals surface area contributed by atoms with Crippen LogP contribution in [0.4, 0.5) is 4.39 Å². The molecule has 2 aliphatic heterocycles. The quantitative estimate of drug-likeness (QED) is 0.563. The van der Waals surface area contributed by atoms with E-state index in [0.717, 1.165) is 5.56 Å². The van der Waals surface area contributed by atoms with Gasteiger partial charge >= 0.3 is 0 Å². The van der Waals surface area contributed by atoms with Crippen LogP contribution in [0.3, 0.4) is 0 Å². The van der Waals surface area contributed by atoms with Gasteiger partial charge < -0.3 is 19.9 Å². The lowest BCUT2D eigenvalue weighted by Gasteiger charge is -2.27. The van der Waals surface area contributed by atoms with Crippen LogP contribution in [0.1, 0.15) is 17.2 Å². The predicted octanol–water partition coefficient (Wildman–Crippen LogP) is 2.41. The molecule has 2 aliphatic rings. The average Bonchev–Trinajstić information content (AvgIpc) is 2.65. The van der Waals surface area contributed by atoms with Gasteiger partial charge in [-0.05, 0) is 48.6 Å². The summed E-state index contributed by atoms with van der Waals surface area (Å²) in [5.74, 6) is 1.55. The molecule has 134 valence electrons. The maximum atomic E-state index is 13.7. The van der Waals surface area contributed by atoms with E-state index in [2.05, 4.69) is 10.9 Å². The van der Waals surface area contributed by atoms with Crippen LogP contribution in [0.5, 0.6) is 17.2 Å². The second kappa shape index (κ2) is 6.72. The summed E-state index contributed by atoms with van der Waals surface area (Å²) in [4.78, 5) is 0. The Bertz CT molecular complexity index is 903. The Morgan fingerprint density at radius 2 is 1.85 bits per heavy atom. The van der Waals surface area contributed by atoms with Crippen LogP contribution < -0.4 is 30.8 Å². The lowest BCUT2D eigenvalue weighted by molar-refractivity contribution is 0.170. The highest BCUT2D eigenvalue weighted by molar-refractivity contribution is 7.80. The highest BCUT2D eigenvalue weighted by atomic mass is 32.1. The molecule has 4 N–H and O–H groups in total. The Kier molecular flexibility index (Phi) is 4.26. The average molecular weight is 373 g/mol. The summed E-state index contributed by atoms with van der Waals surface area (Å²) >= 11 is 4.82. The van der Waals surface area contributed by atoms with Crippen molar-refractivity contribution in [3.63, 3.8) is 0 Å². The number of hydrazine groups is 1. The summed E-state index contributed by atoms with van der Waals surface area (Å²) in [6, 6.07) is 9.95. The second-order valence-corrected chi connectivity index (χ2v) is 6.22. The molecule has 0 radical (unpaired) electrons. The molecule has 1 atom stereocenters. The Hall–Kier alpha value is -3.00. The molecule has 0 saturated heterocycles. The van der Waals surface area contributed by atoms with E-state index in [1.165, 1.54) is 12.1 Å². The lowest BCUT2D eigenvalue weighted by atomic mass is 10.0. The van der Waals surface area contributed by atoms with Crippen molar-refractivity contribution < 1.29 is 18.6 Å². The Labute approximate surface area is 154 Å². The lowest BCUT2D eigenvalue weighted by Crippen LogP contribution is -2.40. The zero-order chi connectivity index (χ0) is 18.1. The van der Waals surface area contributed by atoms with Crippen molar-refractivity contribution in [3.05, 3.63) is 59.4 Å². The third-order valence-corrected chi connectivity index (χ3v) is 4.12. The van der Waals surface area contributed by atoms with Crippen molar-refractivity contribution in [1.29, 1.82) is 0 Å². The number of hydrogen-bond donors (Lipinski definition) is 3. The molecule has 4 rings (SSSR count). The first-order valence-corrected chi connectivity index (χ1v) is 8.40. The fourth-order valence-electron chi connectivity index (χ4n) is 2.87. The third kappa shape index (κ3) is 3.23. The van der Waals surface area contributed by atoms with Crippen molar-refractivity contribution in [2.75, 3.05) is 13.2 Å². The number of benzene rings is 2. The molecule has 0 bridgehead atoms. The first kappa shape index (κ1) is 16.5. The van der Waals surface area contributed by atoms with Crippen LogP contribution in [0.2, 0.25) is 0 Å². The van der Waals surface area contributed by atoms with E-state index in [0.29, 0.717) is 41.7 Å². The van der Waals surface area contributed by atoms with Gasteiger partial charge in [-0.3, -0.25) is 10.9 Å². The minimum absolute atomic E-state index is 0.0752. The third-order valence-electron chi connectivity index (χ3n) is 4.02. The zero-order valence-corrected chi connectivity index (χ0v) is 14.4. The highest BCUT2D eigenvalue weighted by Gasteiger charge is 2.24. The Balaban J connectivity index is 1.70. The molecule has 26 heavy (non-hydrogen) atoms. The molecule has 0 spiro atoms. The number of thiocarbonyl (C=S) groups is 1. The van der Waals surface area contributed by atoms with Crippen LogP contribution in [-0.2, 0) is 0 Å². The van der Waals surface area contributed by atoms with E-state index in [-0.39, 0.29) is 10.9 Å². The van der Waals surface area contributed by atoms with Gasteiger partial charge in [-0.1, -0.05) is 6.07 Å². The van der Waals surface area contributed by atoms with E-state index in [9.17, 15) is 4.39 Å². The van der Waals surface area contributed by atoms with Gasteiger partial charge in [0.25, 0.3) is 0 Å². The standard InChI is InChI=1S/C18H16FN3O3S/c19-11-2-4-14-12(8-11)13(21-22-18(20)26)9-16(25-14)10-1-3-15-17(7-10)24-6-5-23-15/h1-4,7-9,16,21H,5-6H2,(H3,20,22,26). The normalized spacial score (nSPS) is 17.4. The predicted molar refractivity (Wildman–Crippen MR) is 98.2 cm³/mol. The van der Waals surface area contributed by atoms with Crippen molar-refractivity contribution in [2.24, 2.45) is 5.73 Å².